The fraction of sp³-hybridized carbons (Fsp3) is 0.565. The molecule has 0 spiro atoms. The van der Waals surface area contributed by atoms with Gasteiger partial charge in [0.2, 0.25) is 0 Å². The van der Waals surface area contributed by atoms with Gasteiger partial charge in [-0.15, -0.1) is 12.4 Å². The van der Waals surface area contributed by atoms with Gasteiger partial charge in [-0.05, 0) is 31.4 Å². The third-order valence-electron chi connectivity index (χ3n) is 7.03. The number of carbonyl (C=O) groups is 1. The quantitative estimate of drug-likeness (QED) is 0.523. The molecule has 0 amide bonds. The number of imidazole rings is 1. The van der Waals surface area contributed by atoms with Crippen molar-refractivity contribution in [3.63, 3.8) is 0 Å². The van der Waals surface area contributed by atoms with Gasteiger partial charge < -0.3 is 4.57 Å². The molecule has 0 bridgehead atoms. The lowest BCUT2D eigenvalue weighted by Gasteiger charge is -2.49. The molecule has 0 atom stereocenters. The fourth-order valence-corrected chi connectivity index (χ4v) is 6.58. The van der Waals surface area contributed by atoms with Gasteiger partial charge in [-0.3, -0.25) is 9.69 Å². The average molecular weight is 517 g/mol. The first-order valence-corrected chi connectivity index (χ1v) is 12.9. The molecule has 0 radical (unpaired) electrons. The summed E-state index contributed by atoms with van der Waals surface area (Å²) in [5.41, 5.74) is -0.278. The van der Waals surface area contributed by atoms with Gasteiger partial charge in [-0.2, -0.15) is 4.31 Å². The number of nitrogens with zero attached hydrogens (tertiary/aromatic N) is 4. The van der Waals surface area contributed by atoms with Crippen LogP contribution in [-0.2, 0) is 17.1 Å². The first kappa shape index (κ1) is 26.7. The highest BCUT2D eigenvalue weighted by Gasteiger charge is 2.41. The molecule has 2 aromatic rings. The molecule has 1 saturated carbocycles. The van der Waals surface area contributed by atoms with Crippen molar-refractivity contribution in [3.8, 4) is 0 Å². The summed E-state index contributed by atoms with van der Waals surface area (Å²) in [4.78, 5) is 19.0. The maximum atomic E-state index is 14.1. The second kappa shape index (κ2) is 10.8. The second-order valence-electron chi connectivity index (χ2n) is 9.10. The lowest BCUT2D eigenvalue weighted by Crippen LogP contribution is -2.58. The standard InChI is InChI=1S/C23H30F2N4O3S.ClH/c1-27-16-22(26-17-27)33(31,32)29-13-11-28(12-14-29)23(8-3-2-4-9-23)10-7-21(30)19-6-5-18(24)15-20(19)25;/h5-6,15-17H,2-4,7-14H2,1H3;1H. The van der Waals surface area contributed by atoms with Crippen LogP contribution in [0.4, 0.5) is 8.78 Å². The number of carbonyl (C=O) groups excluding carboxylic acids is 1. The molecule has 4 rings (SSSR count). The topological polar surface area (TPSA) is 75.5 Å². The number of Topliss-reactive ketones (excluding diaryl/α,β-unsaturated/α-hetero) is 1. The number of hydrogen-bond donors (Lipinski definition) is 0. The van der Waals surface area contributed by atoms with Crippen LogP contribution in [0.2, 0.25) is 0 Å². The lowest BCUT2D eigenvalue weighted by molar-refractivity contribution is 0.0165. The second-order valence-corrected chi connectivity index (χ2v) is 11.0. The Morgan fingerprint density at radius 3 is 2.35 bits per heavy atom. The number of aromatic nitrogens is 2. The molecule has 7 nitrogen and oxygen atoms in total. The monoisotopic (exact) mass is 516 g/mol. The van der Waals surface area contributed by atoms with E-state index in [1.165, 1.54) is 22.9 Å². The van der Waals surface area contributed by atoms with Crippen LogP contribution in [-0.4, -0.2) is 64.7 Å². The number of ketones is 1. The van der Waals surface area contributed by atoms with Crippen molar-refractivity contribution in [1.29, 1.82) is 0 Å². The normalized spacial score (nSPS) is 19.5. The van der Waals surface area contributed by atoms with Crippen LogP contribution in [0, 0.1) is 11.6 Å². The van der Waals surface area contributed by atoms with Gasteiger partial charge in [0.15, 0.2) is 10.8 Å². The summed E-state index contributed by atoms with van der Waals surface area (Å²) in [5.74, 6) is -1.86. The molecule has 1 aromatic carbocycles. The van der Waals surface area contributed by atoms with Gasteiger partial charge in [0.1, 0.15) is 11.6 Å². The van der Waals surface area contributed by atoms with E-state index >= 15 is 0 Å². The van der Waals surface area contributed by atoms with E-state index in [1.54, 1.807) is 11.6 Å². The SMILES string of the molecule is Cl.Cn1cnc(S(=O)(=O)N2CCN(C3(CCC(=O)c4ccc(F)cc4F)CCCCC3)CC2)c1. The molecule has 2 fully saturated rings. The Hall–Kier alpha value is -1.88. The van der Waals surface area contributed by atoms with E-state index in [0.29, 0.717) is 32.6 Å². The maximum absolute atomic E-state index is 14.1. The van der Waals surface area contributed by atoms with Gasteiger partial charge in [0.05, 0.1) is 11.9 Å². The molecule has 11 heteroatoms. The molecule has 2 heterocycles. The first-order chi connectivity index (χ1) is 15.7. The average Bonchev–Trinajstić information content (AvgIpc) is 3.25. The molecular formula is C23H31ClF2N4O3S. The third kappa shape index (κ3) is 5.50. The Labute approximate surface area is 205 Å². The van der Waals surface area contributed by atoms with E-state index in [4.69, 9.17) is 0 Å². The Morgan fingerprint density at radius 2 is 1.76 bits per heavy atom. The zero-order valence-corrected chi connectivity index (χ0v) is 20.9. The van der Waals surface area contributed by atoms with Crippen molar-refractivity contribution in [3.05, 3.63) is 47.9 Å². The van der Waals surface area contributed by atoms with Crippen LogP contribution >= 0.6 is 12.4 Å². The zero-order chi connectivity index (χ0) is 23.6. The zero-order valence-electron chi connectivity index (χ0n) is 19.3. The molecule has 1 aromatic heterocycles. The van der Waals surface area contributed by atoms with Crippen LogP contribution in [0.15, 0.2) is 35.7 Å². The number of sulfonamides is 1. The van der Waals surface area contributed by atoms with Crippen molar-refractivity contribution in [2.75, 3.05) is 26.2 Å². The largest absolute Gasteiger partial charge is 0.339 e. The lowest BCUT2D eigenvalue weighted by atomic mass is 9.76. The van der Waals surface area contributed by atoms with Crippen molar-refractivity contribution >= 4 is 28.2 Å². The van der Waals surface area contributed by atoms with Crippen LogP contribution in [0.1, 0.15) is 55.3 Å². The number of hydrogen-bond acceptors (Lipinski definition) is 5. The Balaban J connectivity index is 0.00000324. The summed E-state index contributed by atoms with van der Waals surface area (Å²) < 4.78 is 56.2. The van der Waals surface area contributed by atoms with Crippen molar-refractivity contribution in [1.82, 2.24) is 18.8 Å². The Morgan fingerprint density at radius 1 is 1.09 bits per heavy atom. The molecule has 2 aliphatic rings. The summed E-state index contributed by atoms with van der Waals surface area (Å²) >= 11 is 0. The summed E-state index contributed by atoms with van der Waals surface area (Å²) in [5, 5.41) is 0.0535. The summed E-state index contributed by atoms with van der Waals surface area (Å²) in [6.07, 6.45) is 8.82. The molecule has 1 aliphatic heterocycles. The fourth-order valence-electron chi connectivity index (χ4n) is 5.19. The predicted molar refractivity (Wildman–Crippen MR) is 127 cm³/mol. The van der Waals surface area contributed by atoms with Gasteiger partial charge in [0.25, 0.3) is 10.0 Å². The third-order valence-corrected chi connectivity index (χ3v) is 8.81. The number of halogens is 3. The Kier molecular flexibility index (Phi) is 8.49. The minimum Gasteiger partial charge on any atom is -0.339 e. The first-order valence-electron chi connectivity index (χ1n) is 11.4. The van der Waals surface area contributed by atoms with Crippen LogP contribution < -0.4 is 0 Å². The van der Waals surface area contributed by atoms with Gasteiger partial charge in [-0.1, -0.05) is 19.3 Å². The van der Waals surface area contributed by atoms with E-state index in [-0.39, 0.29) is 40.7 Å². The minimum atomic E-state index is -3.64. The molecular weight excluding hydrogens is 486 g/mol. The number of aryl methyl sites for hydroxylation is 1. The van der Waals surface area contributed by atoms with E-state index in [0.717, 1.165) is 44.2 Å². The molecule has 1 aliphatic carbocycles. The van der Waals surface area contributed by atoms with Gasteiger partial charge >= 0.3 is 0 Å². The smallest absolute Gasteiger partial charge is 0.262 e. The van der Waals surface area contributed by atoms with Crippen LogP contribution in [0.3, 0.4) is 0 Å². The number of piperazine rings is 1. The highest BCUT2D eigenvalue weighted by Crippen LogP contribution is 2.39. The number of rotatable bonds is 7. The number of benzene rings is 1. The molecule has 34 heavy (non-hydrogen) atoms. The maximum Gasteiger partial charge on any atom is 0.262 e. The van der Waals surface area contributed by atoms with E-state index in [9.17, 15) is 22.0 Å². The van der Waals surface area contributed by atoms with Crippen molar-refractivity contribution < 1.29 is 22.0 Å². The molecule has 1 saturated heterocycles. The summed E-state index contributed by atoms with van der Waals surface area (Å²) in [7, 11) is -1.90. The summed E-state index contributed by atoms with van der Waals surface area (Å²) in [6, 6.07) is 3.06. The van der Waals surface area contributed by atoms with E-state index in [2.05, 4.69) is 9.88 Å². The molecule has 0 N–H and O–H groups in total. The van der Waals surface area contributed by atoms with Gasteiger partial charge in [-0.25, -0.2) is 22.2 Å². The summed E-state index contributed by atoms with van der Waals surface area (Å²) in [6.45, 7) is 1.87. The van der Waals surface area contributed by atoms with Crippen molar-refractivity contribution in [2.45, 2.75) is 55.5 Å². The minimum absolute atomic E-state index is 0. The van der Waals surface area contributed by atoms with Crippen LogP contribution in [0.5, 0.6) is 0 Å². The van der Waals surface area contributed by atoms with E-state index in [1.807, 2.05) is 0 Å². The van der Waals surface area contributed by atoms with Crippen LogP contribution in [0.25, 0.3) is 0 Å². The highest BCUT2D eigenvalue weighted by atomic mass is 35.5. The molecule has 0 unspecified atom stereocenters. The van der Waals surface area contributed by atoms with E-state index < -0.39 is 21.7 Å². The highest BCUT2D eigenvalue weighted by molar-refractivity contribution is 7.89. The van der Waals surface area contributed by atoms with Crippen molar-refractivity contribution in [2.24, 2.45) is 7.05 Å². The Bertz CT molecular complexity index is 1110. The van der Waals surface area contributed by atoms with Gasteiger partial charge in [0, 0.05) is 57.4 Å². The molecule has 188 valence electrons. The predicted octanol–water partition coefficient (Wildman–Crippen LogP) is 3.79.